The number of aliphatic hydroxyl groups is 1. The number of allylic oxidation sites excluding steroid dienone is 12. The van der Waals surface area contributed by atoms with Gasteiger partial charge in [0, 0.05) is 12.8 Å². The van der Waals surface area contributed by atoms with Crippen molar-refractivity contribution in [3.63, 3.8) is 0 Å². The van der Waals surface area contributed by atoms with Crippen molar-refractivity contribution in [1.29, 1.82) is 0 Å². The van der Waals surface area contributed by atoms with Crippen LogP contribution in [0.4, 0.5) is 0 Å². The topological polar surface area (TPSA) is 131 Å². The first-order valence-electron chi connectivity index (χ1n) is 21.4. The molecule has 57 heavy (non-hydrogen) atoms. The zero-order valence-corrected chi connectivity index (χ0v) is 37.0. The summed E-state index contributed by atoms with van der Waals surface area (Å²) < 4.78 is 33.7. The third kappa shape index (κ3) is 41.1. The SMILES string of the molecule is CC/C=C\C/C=C\CC(O)/C=C/C=C\C/C=C\C/C=C\CCC(=O)OC(COC(=O)CCCCCCC/C=C\CCCCCC)COP(=O)([O-])OCC[N+](C)(C)C. The average molecular weight is 820 g/mol. The third-order valence-electron chi connectivity index (χ3n) is 8.49. The first kappa shape index (κ1) is 54.2. The minimum atomic E-state index is -4.66. The van der Waals surface area contributed by atoms with Gasteiger partial charge < -0.3 is 33.0 Å². The molecule has 0 saturated heterocycles. The lowest BCUT2D eigenvalue weighted by Crippen LogP contribution is -2.37. The standard InChI is InChI=1S/C46H78NO9P/c1-6-8-10-12-14-15-16-17-18-22-25-29-33-37-45(49)53-41-44(42-55-57(51,52)54-40-39-47(3,4)5)56-46(50)38-34-30-26-23-20-19-21-24-28-32-36-43(48)35-31-27-13-11-9-7-2/h9,11,15-16,19-20,24,26-28,30-32,36,43-44,48H,6-8,10,12-14,17-18,21-23,25,29,33-35,37-42H2,1-5H3/b11-9-,16-15-,20-19-,28-24-,30-26-,31-27-,36-32+. The number of aliphatic hydroxyl groups excluding tert-OH is 1. The van der Waals surface area contributed by atoms with Crippen LogP contribution in [-0.2, 0) is 32.7 Å². The highest BCUT2D eigenvalue weighted by atomic mass is 31.2. The largest absolute Gasteiger partial charge is 0.756 e. The summed E-state index contributed by atoms with van der Waals surface area (Å²) in [6.45, 7) is 3.89. The highest BCUT2D eigenvalue weighted by Gasteiger charge is 2.21. The van der Waals surface area contributed by atoms with Crippen molar-refractivity contribution in [2.24, 2.45) is 0 Å². The zero-order valence-electron chi connectivity index (χ0n) is 36.1. The molecular weight excluding hydrogens is 741 g/mol. The van der Waals surface area contributed by atoms with E-state index in [4.69, 9.17) is 18.5 Å². The van der Waals surface area contributed by atoms with Gasteiger partial charge in [-0.2, -0.15) is 0 Å². The molecule has 0 spiro atoms. The molecule has 0 saturated carbocycles. The molecule has 11 heteroatoms. The number of ether oxygens (including phenoxy) is 2. The number of unbranched alkanes of at least 4 members (excludes halogenated alkanes) is 9. The first-order chi connectivity index (χ1) is 27.4. The number of phosphoric ester groups is 1. The summed E-state index contributed by atoms with van der Waals surface area (Å²) in [4.78, 5) is 37.4. The normalized spacial score (nSPS) is 15.0. The zero-order chi connectivity index (χ0) is 42.3. The van der Waals surface area contributed by atoms with Gasteiger partial charge in [0.25, 0.3) is 7.82 Å². The first-order valence-corrected chi connectivity index (χ1v) is 22.9. The molecule has 0 aliphatic carbocycles. The third-order valence-corrected chi connectivity index (χ3v) is 9.46. The molecule has 0 amide bonds. The van der Waals surface area contributed by atoms with Crippen LogP contribution < -0.4 is 4.89 Å². The van der Waals surface area contributed by atoms with Crippen molar-refractivity contribution in [2.75, 3.05) is 47.5 Å². The molecule has 0 rings (SSSR count). The smallest absolute Gasteiger partial charge is 0.306 e. The molecule has 0 aromatic rings. The molecule has 10 nitrogen and oxygen atoms in total. The Labute approximate surface area is 346 Å². The van der Waals surface area contributed by atoms with Crippen LogP contribution in [0, 0.1) is 0 Å². The van der Waals surface area contributed by atoms with Gasteiger partial charge in [-0.3, -0.25) is 14.2 Å². The van der Waals surface area contributed by atoms with Gasteiger partial charge in [0.2, 0.25) is 0 Å². The van der Waals surface area contributed by atoms with E-state index in [1.807, 2.05) is 69.8 Å². The lowest BCUT2D eigenvalue weighted by atomic mass is 10.1. The number of carbonyl (C=O) groups excluding carboxylic acids is 2. The van der Waals surface area contributed by atoms with Crippen molar-refractivity contribution in [3.05, 3.63) is 85.1 Å². The Morgan fingerprint density at radius 3 is 1.95 bits per heavy atom. The summed E-state index contributed by atoms with van der Waals surface area (Å²) in [5.74, 6) is -0.982. The van der Waals surface area contributed by atoms with Crippen molar-refractivity contribution in [1.82, 2.24) is 0 Å². The van der Waals surface area contributed by atoms with Gasteiger partial charge >= 0.3 is 11.9 Å². The second-order valence-electron chi connectivity index (χ2n) is 15.2. The van der Waals surface area contributed by atoms with Crippen molar-refractivity contribution in [3.8, 4) is 0 Å². The number of phosphoric acid groups is 1. The molecule has 0 aromatic heterocycles. The monoisotopic (exact) mass is 820 g/mol. The molecule has 0 heterocycles. The van der Waals surface area contributed by atoms with E-state index in [-0.39, 0.29) is 26.1 Å². The average Bonchev–Trinajstić information content (AvgIpc) is 3.15. The fraction of sp³-hybridized carbons (Fsp3) is 0.652. The second-order valence-corrected chi connectivity index (χ2v) is 16.6. The molecule has 0 aromatic carbocycles. The molecule has 0 fully saturated rings. The maximum atomic E-state index is 12.6. The van der Waals surface area contributed by atoms with Crippen LogP contribution in [0.25, 0.3) is 0 Å². The van der Waals surface area contributed by atoms with Crippen LogP contribution in [0.1, 0.15) is 136 Å². The van der Waals surface area contributed by atoms with E-state index in [2.05, 4.69) is 44.2 Å². The number of esters is 2. The number of likely N-dealkylation sites (N-methyl/N-ethyl adjacent to an activating group) is 1. The molecule has 0 bridgehead atoms. The number of nitrogens with zero attached hydrogens (tertiary/aromatic N) is 1. The van der Waals surface area contributed by atoms with E-state index in [1.54, 1.807) is 6.08 Å². The Morgan fingerprint density at radius 1 is 0.667 bits per heavy atom. The Morgan fingerprint density at radius 2 is 1.26 bits per heavy atom. The molecular formula is C46H78NO9P. The molecule has 0 aliphatic rings. The van der Waals surface area contributed by atoms with E-state index in [1.165, 1.54) is 25.7 Å². The Kier molecular flexibility index (Phi) is 35.6. The van der Waals surface area contributed by atoms with Crippen LogP contribution in [0.5, 0.6) is 0 Å². The number of hydrogen-bond donors (Lipinski definition) is 1. The van der Waals surface area contributed by atoms with Crippen molar-refractivity contribution >= 4 is 19.8 Å². The quantitative estimate of drug-likeness (QED) is 0.0162. The summed E-state index contributed by atoms with van der Waals surface area (Å²) in [5, 5.41) is 10.0. The van der Waals surface area contributed by atoms with Crippen LogP contribution in [0.15, 0.2) is 85.1 Å². The number of carbonyl (C=O) groups is 2. The van der Waals surface area contributed by atoms with Crippen LogP contribution in [0.3, 0.4) is 0 Å². The number of rotatable bonds is 37. The molecule has 3 atom stereocenters. The second kappa shape index (κ2) is 37.4. The van der Waals surface area contributed by atoms with Gasteiger partial charge in [0.1, 0.15) is 19.8 Å². The van der Waals surface area contributed by atoms with Gasteiger partial charge in [-0.25, -0.2) is 0 Å². The van der Waals surface area contributed by atoms with Crippen LogP contribution in [0.2, 0.25) is 0 Å². The summed E-state index contributed by atoms with van der Waals surface area (Å²) in [6.07, 6.45) is 43.7. The highest BCUT2D eigenvalue weighted by Crippen LogP contribution is 2.38. The molecule has 1 N–H and O–H groups in total. The summed E-state index contributed by atoms with van der Waals surface area (Å²) >= 11 is 0. The van der Waals surface area contributed by atoms with Gasteiger partial charge in [-0.15, -0.1) is 0 Å². The summed E-state index contributed by atoms with van der Waals surface area (Å²) in [7, 11) is 1.07. The van der Waals surface area contributed by atoms with Gasteiger partial charge in [0.15, 0.2) is 6.10 Å². The Balaban J connectivity index is 4.60. The fourth-order valence-electron chi connectivity index (χ4n) is 5.11. The van der Waals surface area contributed by atoms with Gasteiger partial charge in [-0.05, 0) is 70.6 Å². The van der Waals surface area contributed by atoms with Crippen molar-refractivity contribution in [2.45, 2.75) is 148 Å². The fourth-order valence-corrected chi connectivity index (χ4v) is 5.84. The maximum Gasteiger partial charge on any atom is 0.306 e. The minimum absolute atomic E-state index is 0.0593. The van der Waals surface area contributed by atoms with E-state index in [0.29, 0.717) is 36.7 Å². The molecule has 326 valence electrons. The van der Waals surface area contributed by atoms with Gasteiger partial charge in [0.05, 0.1) is 33.9 Å². The predicted molar refractivity (Wildman–Crippen MR) is 232 cm³/mol. The summed E-state index contributed by atoms with van der Waals surface area (Å²) in [5.41, 5.74) is 0. The van der Waals surface area contributed by atoms with E-state index in [0.717, 1.165) is 57.8 Å². The molecule has 3 unspecified atom stereocenters. The lowest BCUT2D eigenvalue weighted by molar-refractivity contribution is -0.870. The summed E-state index contributed by atoms with van der Waals surface area (Å²) in [6, 6.07) is 0. The Bertz CT molecular complexity index is 1260. The van der Waals surface area contributed by atoms with E-state index in [9.17, 15) is 24.2 Å². The van der Waals surface area contributed by atoms with Gasteiger partial charge in [-0.1, -0.05) is 137 Å². The number of quaternary nitrogens is 1. The minimum Gasteiger partial charge on any atom is -0.756 e. The van der Waals surface area contributed by atoms with Crippen molar-refractivity contribution < 1.29 is 47.2 Å². The van der Waals surface area contributed by atoms with Crippen LogP contribution in [-0.4, -0.2) is 81.2 Å². The lowest BCUT2D eigenvalue weighted by Gasteiger charge is -2.28. The van der Waals surface area contributed by atoms with E-state index >= 15 is 0 Å². The predicted octanol–water partition coefficient (Wildman–Crippen LogP) is 10.4. The molecule has 0 aliphatic heterocycles. The highest BCUT2D eigenvalue weighted by molar-refractivity contribution is 7.45. The number of hydrogen-bond acceptors (Lipinski definition) is 9. The Hall–Kier alpha value is -2.85. The maximum absolute atomic E-state index is 12.6. The van der Waals surface area contributed by atoms with Crippen LogP contribution >= 0.6 is 7.82 Å². The molecule has 0 radical (unpaired) electrons. The van der Waals surface area contributed by atoms with E-state index < -0.39 is 38.6 Å².